The average molecular weight is 345 g/mol. The van der Waals surface area contributed by atoms with Crippen LogP contribution >= 0.6 is 0 Å². The second-order valence-corrected chi connectivity index (χ2v) is 5.85. The average Bonchev–Trinajstić information content (AvgIpc) is 3.38. The highest BCUT2D eigenvalue weighted by Gasteiger charge is 2.23. The van der Waals surface area contributed by atoms with Crippen molar-refractivity contribution in [3.8, 4) is 0 Å². The number of nitrogens with one attached hydrogen (secondary N) is 3. The molecule has 1 aliphatic rings. The van der Waals surface area contributed by atoms with Gasteiger partial charge in [-0.15, -0.1) is 0 Å². The van der Waals surface area contributed by atoms with Crippen LogP contribution in [0.4, 0.5) is 20.2 Å². The number of amides is 2. The summed E-state index contributed by atoms with van der Waals surface area (Å²) in [6, 6.07) is 9.89. The highest BCUT2D eigenvalue weighted by molar-refractivity contribution is 5.98. The van der Waals surface area contributed by atoms with E-state index in [-0.39, 0.29) is 24.2 Å². The van der Waals surface area contributed by atoms with Crippen molar-refractivity contribution in [3.63, 3.8) is 0 Å². The Kier molecular flexibility index (Phi) is 4.92. The van der Waals surface area contributed by atoms with Gasteiger partial charge < -0.3 is 16.0 Å². The van der Waals surface area contributed by atoms with Crippen molar-refractivity contribution in [1.82, 2.24) is 5.32 Å². The number of hydrogen-bond acceptors (Lipinski definition) is 3. The molecule has 7 heteroatoms. The lowest BCUT2D eigenvalue weighted by atomic mass is 10.2. The monoisotopic (exact) mass is 345 g/mol. The van der Waals surface area contributed by atoms with Crippen LogP contribution in [0.25, 0.3) is 0 Å². The van der Waals surface area contributed by atoms with Crippen LogP contribution in [0.1, 0.15) is 23.2 Å². The summed E-state index contributed by atoms with van der Waals surface area (Å²) in [4.78, 5) is 24.0. The molecule has 2 aromatic rings. The first-order valence-corrected chi connectivity index (χ1v) is 7.91. The molecule has 3 rings (SSSR count). The Bertz CT molecular complexity index is 807. The molecule has 0 atom stereocenters. The Morgan fingerprint density at radius 3 is 2.60 bits per heavy atom. The van der Waals surface area contributed by atoms with E-state index in [1.54, 1.807) is 24.3 Å². The van der Waals surface area contributed by atoms with Crippen LogP contribution in [0.3, 0.4) is 0 Å². The Morgan fingerprint density at radius 1 is 1.08 bits per heavy atom. The molecule has 2 amide bonds. The highest BCUT2D eigenvalue weighted by Crippen LogP contribution is 2.20. The van der Waals surface area contributed by atoms with Gasteiger partial charge >= 0.3 is 0 Å². The van der Waals surface area contributed by atoms with Crippen molar-refractivity contribution in [2.75, 3.05) is 17.2 Å². The van der Waals surface area contributed by atoms with Crippen LogP contribution < -0.4 is 16.0 Å². The molecule has 1 saturated carbocycles. The normalized spacial score (nSPS) is 13.2. The molecular weight excluding hydrogens is 328 g/mol. The first-order valence-electron chi connectivity index (χ1n) is 7.91. The Morgan fingerprint density at radius 2 is 1.88 bits per heavy atom. The van der Waals surface area contributed by atoms with Gasteiger partial charge in [0, 0.05) is 23.4 Å². The minimum atomic E-state index is -0.772. The minimum Gasteiger partial charge on any atom is -0.374 e. The number of carbonyl (C=O) groups excluding carboxylic acids is 2. The number of rotatable bonds is 6. The topological polar surface area (TPSA) is 70.2 Å². The minimum absolute atomic E-state index is 0.0362. The smallest absolute Gasteiger partial charge is 0.251 e. The Labute approximate surface area is 143 Å². The molecule has 0 aliphatic heterocycles. The second kappa shape index (κ2) is 7.29. The Balaban J connectivity index is 1.56. The number of anilines is 2. The van der Waals surface area contributed by atoms with E-state index < -0.39 is 17.5 Å². The largest absolute Gasteiger partial charge is 0.374 e. The predicted molar refractivity (Wildman–Crippen MR) is 90.4 cm³/mol. The van der Waals surface area contributed by atoms with E-state index in [1.165, 1.54) is 6.07 Å². The summed E-state index contributed by atoms with van der Waals surface area (Å²) < 4.78 is 26.3. The van der Waals surface area contributed by atoms with Gasteiger partial charge in [-0.1, -0.05) is 6.07 Å². The van der Waals surface area contributed by atoms with Gasteiger partial charge in [0.2, 0.25) is 5.91 Å². The summed E-state index contributed by atoms with van der Waals surface area (Å²) in [5, 5.41) is 8.10. The third-order valence-corrected chi connectivity index (χ3v) is 3.69. The highest BCUT2D eigenvalue weighted by atomic mass is 19.1. The maximum Gasteiger partial charge on any atom is 0.251 e. The van der Waals surface area contributed by atoms with Crippen molar-refractivity contribution in [1.29, 1.82) is 0 Å². The fraction of sp³-hybridized carbons (Fsp3) is 0.222. The van der Waals surface area contributed by atoms with Crippen molar-refractivity contribution in [3.05, 3.63) is 59.7 Å². The van der Waals surface area contributed by atoms with Crippen LogP contribution in [-0.2, 0) is 4.79 Å². The molecule has 0 bridgehead atoms. The van der Waals surface area contributed by atoms with Crippen molar-refractivity contribution in [2.24, 2.45) is 0 Å². The molecule has 0 saturated heterocycles. The molecule has 1 aliphatic carbocycles. The molecular formula is C18H17F2N3O2. The zero-order chi connectivity index (χ0) is 17.8. The molecule has 1 fully saturated rings. The molecule has 130 valence electrons. The van der Waals surface area contributed by atoms with Gasteiger partial charge in [-0.05, 0) is 43.2 Å². The summed E-state index contributed by atoms with van der Waals surface area (Å²) in [5.74, 6) is -2.05. The number of halogens is 2. The molecule has 3 N–H and O–H groups in total. The first-order chi connectivity index (χ1) is 12.0. The molecule has 0 heterocycles. The van der Waals surface area contributed by atoms with Gasteiger partial charge in [-0.3, -0.25) is 9.59 Å². The van der Waals surface area contributed by atoms with Crippen LogP contribution in [0.2, 0.25) is 0 Å². The Hall–Kier alpha value is -2.96. The maximum atomic E-state index is 13.5. The molecule has 25 heavy (non-hydrogen) atoms. The fourth-order valence-electron chi connectivity index (χ4n) is 2.25. The lowest BCUT2D eigenvalue weighted by molar-refractivity contribution is -0.114. The van der Waals surface area contributed by atoms with Gasteiger partial charge in [0.25, 0.3) is 5.91 Å². The van der Waals surface area contributed by atoms with Crippen LogP contribution in [0, 0.1) is 11.6 Å². The van der Waals surface area contributed by atoms with Crippen molar-refractivity contribution < 1.29 is 18.4 Å². The number of carbonyl (C=O) groups is 2. The van der Waals surface area contributed by atoms with Gasteiger partial charge in [0.15, 0.2) is 0 Å². The van der Waals surface area contributed by atoms with Gasteiger partial charge in [-0.25, -0.2) is 8.78 Å². The second-order valence-electron chi connectivity index (χ2n) is 5.85. The van der Waals surface area contributed by atoms with Crippen molar-refractivity contribution in [2.45, 2.75) is 18.9 Å². The van der Waals surface area contributed by atoms with Gasteiger partial charge in [-0.2, -0.15) is 0 Å². The summed E-state index contributed by atoms with van der Waals surface area (Å²) in [5.41, 5.74) is 0.964. The summed E-state index contributed by atoms with van der Waals surface area (Å²) in [6.07, 6.45) is 1.99. The third-order valence-electron chi connectivity index (χ3n) is 3.69. The summed E-state index contributed by atoms with van der Waals surface area (Å²) >= 11 is 0. The lowest BCUT2D eigenvalue weighted by Gasteiger charge is -2.10. The fourth-order valence-corrected chi connectivity index (χ4v) is 2.25. The van der Waals surface area contributed by atoms with Crippen LogP contribution in [-0.4, -0.2) is 24.4 Å². The molecule has 2 aromatic carbocycles. The van der Waals surface area contributed by atoms with E-state index in [4.69, 9.17) is 0 Å². The van der Waals surface area contributed by atoms with Crippen LogP contribution in [0.5, 0.6) is 0 Å². The van der Waals surface area contributed by atoms with E-state index >= 15 is 0 Å². The van der Waals surface area contributed by atoms with Crippen LogP contribution in [0.15, 0.2) is 42.5 Å². The van der Waals surface area contributed by atoms with E-state index in [9.17, 15) is 18.4 Å². The zero-order valence-electron chi connectivity index (χ0n) is 13.3. The SMILES string of the molecule is O=C(CNc1ccc(F)cc1F)Nc1cccc(C(=O)NC2CC2)c1. The molecule has 0 spiro atoms. The molecule has 5 nitrogen and oxygen atoms in total. The van der Waals surface area contributed by atoms with Gasteiger partial charge in [0.05, 0.1) is 12.2 Å². The predicted octanol–water partition coefficient (Wildman–Crippen LogP) is 2.91. The van der Waals surface area contributed by atoms with Gasteiger partial charge in [0.1, 0.15) is 11.6 Å². The molecule has 0 aromatic heterocycles. The number of hydrogen-bond donors (Lipinski definition) is 3. The van der Waals surface area contributed by atoms with E-state index in [2.05, 4.69) is 16.0 Å². The maximum absolute atomic E-state index is 13.5. The van der Waals surface area contributed by atoms with E-state index in [0.29, 0.717) is 11.3 Å². The van der Waals surface area contributed by atoms with Crippen molar-refractivity contribution >= 4 is 23.2 Å². The quantitative estimate of drug-likeness (QED) is 0.754. The third kappa shape index (κ3) is 4.76. The number of benzene rings is 2. The standard InChI is InChI=1S/C18H17F2N3O2/c19-12-4-7-16(15(20)9-12)21-10-17(24)22-14-3-1-2-11(8-14)18(25)23-13-5-6-13/h1-4,7-9,13,21H,5-6,10H2,(H,22,24)(H,23,25). The van der Waals surface area contributed by atoms with E-state index in [1.807, 2.05) is 0 Å². The first kappa shape index (κ1) is 16.9. The lowest BCUT2D eigenvalue weighted by Crippen LogP contribution is -2.26. The zero-order valence-corrected chi connectivity index (χ0v) is 13.3. The molecule has 0 radical (unpaired) electrons. The molecule has 0 unspecified atom stereocenters. The summed E-state index contributed by atoms with van der Waals surface area (Å²) in [7, 11) is 0. The van der Waals surface area contributed by atoms with E-state index in [0.717, 1.165) is 25.0 Å². The summed E-state index contributed by atoms with van der Waals surface area (Å²) in [6.45, 7) is -0.193.